The summed E-state index contributed by atoms with van der Waals surface area (Å²) in [5, 5.41) is 18.5. The van der Waals surface area contributed by atoms with Gasteiger partial charge in [0.05, 0.1) is 6.61 Å². The van der Waals surface area contributed by atoms with Crippen molar-refractivity contribution in [2.75, 3.05) is 6.61 Å². The Balaban J connectivity index is 3.20. The average molecular weight is 208 g/mol. The first kappa shape index (κ1) is 11.7. The summed E-state index contributed by atoms with van der Waals surface area (Å²) in [5.74, 6) is -0.976. The first-order chi connectivity index (χ1) is 7.06. The van der Waals surface area contributed by atoms with Crippen LogP contribution < -0.4 is 0 Å². The molecule has 1 aromatic rings. The van der Waals surface area contributed by atoms with Crippen molar-refractivity contribution in [2.24, 2.45) is 0 Å². The van der Waals surface area contributed by atoms with Crippen LogP contribution in [0, 0.1) is 6.92 Å². The van der Waals surface area contributed by atoms with Gasteiger partial charge in [-0.1, -0.05) is 36.8 Å². The Kier molecular flexibility index (Phi) is 3.48. The molecule has 0 bridgehead atoms. The van der Waals surface area contributed by atoms with Crippen molar-refractivity contribution < 1.29 is 15.0 Å². The fraction of sp³-hybridized carbons (Fsp3) is 0.417. The summed E-state index contributed by atoms with van der Waals surface area (Å²) in [6, 6.07) is 7.25. The molecule has 82 valence electrons. The number of hydrogen-bond acceptors (Lipinski definition) is 2. The number of aryl methyl sites for hydroxylation is 1. The van der Waals surface area contributed by atoms with Crippen LogP contribution in [-0.2, 0) is 10.2 Å². The zero-order chi connectivity index (χ0) is 11.5. The topological polar surface area (TPSA) is 57.5 Å². The maximum Gasteiger partial charge on any atom is 0.316 e. The van der Waals surface area contributed by atoms with Crippen LogP contribution in [0.25, 0.3) is 0 Å². The lowest BCUT2D eigenvalue weighted by Crippen LogP contribution is -2.38. The van der Waals surface area contributed by atoms with Gasteiger partial charge >= 0.3 is 5.97 Å². The number of hydrogen-bond donors (Lipinski definition) is 2. The predicted octanol–water partition coefficient (Wildman–Crippen LogP) is 1.72. The zero-order valence-electron chi connectivity index (χ0n) is 9.03. The molecule has 0 aliphatic carbocycles. The number of carbonyl (C=O) groups is 1. The molecule has 0 amide bonds. The van der Waals surface area contributed by atoms with Gasteiger partial charge in [-0.3, -0.25) is 4.79 Å². The van der Waals surface area contributed by atoms with Crippen molar-refractivity contribution in [1.29, 1.82) is 0 Å². The van der Waals surface area contributed by atoms with Gasteiger partial charge in [-0.05, 0) is 18.9 Å². The Morgan fingerprint density at radius 2 is 1.87 bits per heavy atom. The van der Waals surface area contributed by atoms with Crippen molar-refractivity contribution in [3.05, 3.63) is 35.4 Å². The van der Waals surface area contributed by atoms with E-state index in [-0.39, 0.29) is 6.61 Å². The van der Waals surface area contributed by atoms with Crippen molar-refractivity contribution in [2.45, 2.75) is 25.7 Å². The molecule has 0 fully saturated rings. The van der Waals surface area contributed by atoms with E-state index in [1.54, 1.807) is 19.1 Å². The van der Waals surface area contributed by atoms with Gasteiger partial charge < -0.3 is 10.2 Å². The maximum atomic E-state index is 11.2. The lowest BCUT2D eigenvalue weighted by molar-refractivity contribution is -0.145. The van der Waals surface area contributed by atoms with Gasteiger partial charge in [0, 0.05) is 0 Å². The highest BCUT2D eigenvalue weighted by atomic mass is 16.4. The Morgan fingerprint density at radius 3 is 2.20 bits per heavy atom. The van der Waals surface area contributed by atoms with Gasteiger partial charge in [-0.2, -0.15) is 0 Å². The van der Waals surface area contributed by atoms with Crippen molar-refractivity contribution in [1.82, 2.24) is 0 Å². The molecule has 1 aromatic carbocycles. The van der Waals surface area contributed by atoms with Gasteiger partial charge in [-0.15, -0.1) is 0 Å². The summed E-state index contributed by atoms with van der Waals surface area (Å²) in [5.41, 5.74) is 0.575. The van der Waals surface area contributed by atoms with E-state index in [2.05, 4.69) is 0 Å². The molecule has 0 aliphatic heterocycles. The largest absolute Gasteiger partial charge is 0.481 e. The monoisotopic (exact) mass is 208 g/mol. The van der Waals surface area contributed by atoms with Crippen LogP contribution in [0.1, 0.15) is 24.5 Å². The summed E-state index contributed by atoms with van der Waals surface area (Å²) in [6.07, 6.45) is 0.377. The quantitative estimate of drug-likeness (QED) is 0.792. The molecule has 1 atom stereocenters. The minimum atomic E-state index is -1.16. The number of aliphatic hydroxyl groups excluding tert-OH is 1. The van der Waals surface area contributed by atoms with Crippen LogP contribution >= 0.6 is 0 Å². The van der Waals surface area contributed by atoms with E-state index >= 15 is 0 Å². The Bertz CT molecular complexity index is 336. The summed E-state index contributed by atoms with van der Waals surface area (Å²) in [7, 11) is 0. The molecule has 0 radical (unpaired) electrons. The third-order valence-electron chi connectivity index (χ3n) is 2.89. The smallest absolute Gasteiger partial charge is 0.316 e. The van der Waals surface area contributed by atoms with Gasteiger partial charge in [0.1, 0.15) is 5.41 Å². The van der Waals surface area contributed by atoms with E-state index in [1.165, 1.54) is 0 Å². The van der Waals surface area contributed by atoms with Crippen LogP contribution in [0.2, 0.25) is 0 Å². The second-order valence-electron chi connectivity index (χ2n) is 3.76. The molecule has 0 aromatic heterocycles. The third kappa shape index (κ3) is 2.02. The number of aliphatic hydroxyl groups is 1. The molecule has 0 spiro atoms. The number of benzene rings is 1. The van der Waals surface area contributed by atoms with Gasteiger partial charge in [-0.25, -0.2) is 0 Å². The Morgan fingerprint density at radius 1 is 1.33 bits per heavy atom. The molecular weight excluding hydrogens is 192 g/mol. The average Bonchev–Trinajstić information content (AvgIpc) is 2.22. The Hall–Kier alpha value is -1.35. The van der Waals surface area contributed by atoms with E-state index in [4.69, 9.17) is 0 Å². The van der Waals surface area contributed by atoms with Crippen molar-refractivity contribution in [3.8, 4) is 0 Å². The zero-order valence-corrected chi connectivity index (χ0v) is 9.03. The number of carboxylic acid groups (broad SMARTS) is 1. The SMILES string of the molecule is CCC(CO)(C(=O)O)c1ccc(C)cc1. The van der Waals surface area contributed by atoms with Crippen LogP contribution in [-0.4, -0.2) is 22.8 Å². The number of rotatable bonds is 4. The first-order valence-corrected chi connectivity index (χ1v) is 4.98. The van der Waals surface area contributed by atoms with Crippen LogP contribution in [0.3, 0.4) is 0 Å². The lowest BCUT2D eigenvalue weighted by atomic mass is 9.79. The molecule has 1 rings (SSSR count). The molecule has 3 heteroatoms. The minimum Gasteiger partial charge on any atom is -0.481 e. The summed E-state index contributed by atoms with van der Waals surface area (Å²) in [4.78, 5) is 11.2. The molecule has 3 nitrogen and oxygen atoms in total. The third-order valence-corrected chi connectivity index (χ3v) is 2.89. The van der Waals surface area contributed by atoms with Crippen molar-refractivity contribution >= 4 is 5.97 Å². The molecule has 0 saturated carbocycles. The highest BCUT2D eigenvalue weighted by Crippen LogP contribution is 2.28. The summed E-state index contributed by atoms with van der Waals surface area (Å²) in [6.45, 7) is 3.34. The van der Waals surface area contributed by atoms with E-state index in [9.17, 15) is 15.0 Å². The first-order valence-electron chi connectivity index (χ1n) is 4.98. The fourth-order valence-electron chi connectivity index (χ4n) is 1.62. The van der Waals surface area contributed by atoms with Crippen LogP contribution in [0.5, 0.6) is 0 Å². The van der Waals surface area contributed by atoms with Crippen molar-refractivity contribution in [3.63, 3.8) is 0 Å². The molecule has 0 aliphatic rings. The fourth-order valence-corrected chi connectivity index (χ4v) is 1.62. The van der Waals surface area contributed by atoms with Crippen LogP contribution in [0.15, 0.2) is 24.3 Å². The highest BCUT2D eigenvalue weighted by Gasteiger charge is 2.37. The summed E-state index contributed by atoms with van der Waals surface area (Å²) >= 11 is 0. The van der Waals surface area contributed by atoms with E-state index in [1.807, 2.05) is 19.1 Å². The Labute approximate surface area is 89.4 Å². The molecule has 1 unspecified atom stereocenters. The van der Waals surface area contributed by atoms with Crippen LogP contribution in [0.4, 0.5) is 0 Å². The molecular formula is C12H16O3. The molecule has 0 saturated heterocycles. The van der Waals surface area contributed by atoms with Gasteiger partial charge in [0.25, 0.3) is 0 Å². The molecule has 0 heterocycles. The normalized spacial score (nSPS) is 14.6. The highest BCUT2D eigenvalue weighted by molar-refractivity contribution is 5.81. The number of aliphatic carboxylic acids is 1. The molecule has 2 N–H and O–H groups in total. The standard InChI is InChI=1S/C12H16O3/c1-3-12(8-13,11(14)15)10-6-4-9(2)5-7-10/h4-7,13H,3,8H2,1-2H3,(H,14,15). The van der Waals surface area contributed by atoms with E-state index in [0.29, 0.717) is 12.0 Å². The second kappa shape index (κ2) is 4.45. The minimum absolute atomic E-state index is 0.373. The molecule has 15 heavy (non-hydrogen) atoms. The second-order valence-corrected chi connectivity index (χ2v) is 3.76. The lowest BCUT2D eigenvalue weighted by Gasteiger charge is -2.26. The van der Waals surface area contributed by atoms with E-state index in [0.717, 1.165) is 5.56 Å². The predicted molar refractivity (Wildman–Crippen MR) is 57.9 cm³/mol. The van der Waals surface area contributed by atoms with Gasteiger partial charge in [0.15, 0.2) is 0 Å². The number of carboxylic acids is 1. The maximum absolute atomic E-state index is 11.2. The van der Waals surface area contributed by atoms with Gasteiger partial charge in [0.2, 0.25) is 0 Å². The summed E-state index contributed by atoms with van der Waals surface area (Å²) < 4.78 is 0. The van der Waals surface area contributed by atoms with E-state index < -0.39 is 11.4 Å².